The van der Waals surface area contributed by atoms with Crippen LogP contribution in [0.2, 0.25) is 0 Å². The molecule has 1 N–H and O–H groups in total. The van der Waals surface area contributed by atoms with Gasteiger partial charge < -0.3 is 10.1 Å². The summed E-state index contributed by atoms with van der Waals surface area (Å²) in [4.78, 5) is 7.19. The molecule has 2 aromatic rings. The monoisotopic (exact) mass is 285 g/mol. The smallest absolute Gasteiger partial charge is 0.130 e. The van der Waals surface area contributed by atoms with Crippen LogP contribution in [0, 0.1) is 0 Å². The summed E-state index contributed by atoms with van der Waals surface area (Å²) in [6.07, 6.45) is 2.74. The van der Waals surface area contributed by atoms with Gasteiger partial charge in [0.05, 0.1) is 11.6 Å². The Balaban J connectivity index is 1.85. The Morgan fingerprint density at radius 1 is 1.38 bits per heavy atom. The van der Waals surface area contributed by atoms with Gasteiger partial charge in [0.1, 0.15) is 5.82 Å². The number of pyridine rings is 1. The summed E-state index contributed by atoms with van der Waals surface area (Å²) in [5.74, 6) is 0.980. The fourth-order valence-electron chi connectivity index (χ4n) is 3.09. The zero-order valence-electron chi connectivity index (χ0n) is 12.8. The molecule has 112 valence electrons. The Hall–Kier alpha value is -1.65. The van der Waals surface area contributed by atoms with Crippen molar-refractivity contribution in [3.8, 4) is 0 Å². The van der Waals surface area contributed by atoms with Crippen LogP contribution in [0.25, 0.3) is 10.9 Å². The van der Waals surface area contributed by atoms with Crippen LogP contribution in [0.15, 0.2) is 30.3 Å². The number of aromatic nitrogens is 1. The molecule has 2 heterocycles. The van der Waals surface area contributed by atoms with Crippen molar-refractivity contribution in [2.45, 2.75) is 25.5 Å². The minimum Gasteiger partial charge on any atom is -0.380 e. The molecule has 1 unspecified atom stereocenters. The lowest BCUT2D eigenvalue weighted by Crippen LogP contribution is -2.38. The van der Waals surface area contributed by atoms with Gasteiger partial charge in [-0.15, -0.1) is 0 Å². The first-order valence-corrected chi connectivity index (χ1v) is 7.61. The SMILES string of the molecule is CNc1nc2ccccc2cc1CN1CCCC(OC)C1. The van der Waals surface area contributed by atoms with Crippen LogP contribution in [0.3, 0.4) is 0 Å². The van der Waals surface area contributed by atoms with E-state index in [4.69, 9.17) is 9.72 Å². The van der Waals surface area contributed by atoms with Gasteiger partial charge in [-0.05, 0) is 31.5 Å². The summed E-state index contributed by atoms with van der Waals surface area (Å²) >= 11 is 0. The number of nitrogens with zero attached hydrogens (tertiary/aromatic N) is 2. The van der Waals surface area contributed by atoms with E-state index in [9.17, 15) is 0 Å². The number of anilines is 1. The summed E-state index contributed by atoms with van der Waals surface area (Å²) in [6.45, 7) is 3.07. The van der Waals surface area contributed by atoms with Crippen molar-refractivity contribution < 1.29 is 4.74 Å². The molecule has 0 amide bonds. The molecule has 1 aromatic carbocycles. The lowest BCUT2D eigenvalue weighted by atomic mass is 10.1. The normalized spacial score (nSPS) is 19.8. The summed E-state index contributed by atoms with van der Waals surface area (Å²) in [7, 11) is 3.75. The second-order valence-corrected chi connectivity index (χ2v) is 5.67. The second kappa shape index (κ2) is 6.41. The molecular formula is C17H23N3O. The summed E-state index contributed by atoms with van der Waals surface area (Å²) < 4.78 is 5.51. The summed E-state index contributed by atoms with van der Waals surface area (Å²) in [5.41, 5.74) is 2.30. The van der Waals surface area contributed by atoms with Gasteiger partial charge in [-0.3, -0.25) is 4.90 Å². The summed E-state index contributed by atoms with van der Waals surface area (Å²) in [5, 5.41) is 4.43. The minimum absolute atomic E-state index is 0.366. The van der Waals surface area contributed by atoms with Gasteiger partial charge in [0.25, 0.3) is 0 Å². The highest BCUT2D eigenvalue weighted by Gasteiger charge is 2.20. The third kappa shape index (κ3) is 3.17. The molecule has 4 nitrogen and oxygen atoms in total. The van der Waals surface area contributed by atoms with Crippen LogP contribution in [-0.4, -0.2) is 43.2 Å². The Kier molecular flexibility index (Phi) is 4.36. The first-order chi connectivity index (χ1) is 10.3. The van der Waals surface area contributed by atoms with Gasteiger partial charge in [-0.1, -0.05) is 18.2 Å². The molecule has 1 aromatic heterocycles. The van der Waals surface area contributed by atoms with Crippen molar-refractivity contribution in [1.29, 1.82) is 0 Å². The maximum atomic E-state index is 5.51. The minimum atomic E-state index is 0.366. The second-order valence-electron chi connectivity index (χ2n) is 5.67. The Morgan fingerprint density at radius 2 is 2.24 bits per heavy atom. The van der Waals surface area contributed by atoms with Crippen LogP contribution >= 0.6 is 0 Å². The molecule has 3 rings (SSSR count). The third-order valence-corrected chi connectivity index (χ3v) is 4.23. The maximum Gasteiger partial charge on any atom is 0.130 e. The number of benzene rings is 1. The molecule has 1 fully saturated rings. The zero-order chi connectivity index (χ0) is 14.7. The molecule has 1 aliphatic rings. The van der Waals surface area contributed by atoms with E-state index < -0.39 is 0 Å². The third-order valence-electron chi connectivity index (χ3n) is 4.23. The average Bonchev–Trinajstić information content (AvgIpc) is 2.54. The fourth-order valence-corrected chi connectivity index (χ4v) is 3.09. The molecule has 4 heteroatoms. The molecule has 0 bridgehead atoms. The Labute approximate surface area is 126 Å². The molecular weight excluding hydrogens is 262 g/mol. The van der Waals surface area contributed by atoms with E-state index in [1.807, 2.05) is 20.2 Å². The number of rotatable bonds is 4. The topological polar surface area (TPSA) is 37.4 Å². The zero-order valence-corrected chi connectivity index (χ0v) is 12.8. The molecule has 1 atom stereocenters. The van der Waals surface area contributed by atoms with Crippen LogP contribution in [0.1, 0.15) is 18.4 Å². The van der Waals surface area contributed by atoms with Gasteiger partial charge >= 0.3 is 0 Å². The highest BCUT2D eigenvalue weighted by atomic mass is 16.5. The number of piperidine rings is 1. The number of fused-ring (bicyclic) bond motifs is 1. The van der Waals surface area contributed by atoms with E-state index in [1.165, 1.54) is 23.8 Å². The number of para-hydroxylation sites is 1. The van der Waals surface area contributed by atoms with E-state index >= 15 is 0 Å². The summed E-state index contributed by atoms with van der Waals surface area (Å²) in [6, 6.07) is 10.5. The quantitative estimate of drug-likeness (QED) is 0.937. The number of hydrogen-bond acceptors (Lipinski definition) is 4. The molecule has 0 saturated carbocycles. The predicted molar refractivity (Wildman–Crippen MR) is 86.6 cm³/mol. The van der Waals surface area contributed by atoms with Crippen molar-refractivity contribution in [2.75, 3.05) is 32.6 Å². The Morgan fingerprint density at radius 3 is 3.05 bits per heavy atom. The van der Waals surface area contributed by atoms with Crippen LogP contribution in [0.5, 0.6) is 0 Å². The largest absolute Gasteiger partial charge is 0.380 e. The number of nitrogens with one attached hydrogen (secondary N) is 1. The van der Waals surface area contributed by atoms with Crippen LogP contribution < -0.4 is 5.32 Å². The molecule has 1 saturated heterocycles. The van der Waals surface area contributed by atoms with Gasteiger partial charge in [0.15, 0.2) is 0 Å². The van der Waals surface area contributed by atoms with Crippen molar-refractivity contribution in [3.63, 3.8) is 0 Å². The predicted octanol–water partition coefficient (Wildman–Crippen LogP) is 2.89. The van der Waals surface area contributed by atoms with Crippen LogP contribution in [0.4, 0.5) is 5.82 Å². The first kappa shape index (κ1) is 14.3. The van der Waals surface area contributed by atoms with Crippen molar-refractivity contribution in [3.05, 3.63) is 35.9 Å². The highest BCUT2D eigenvalue weighted by Crippen LogP contribution is 2.23. The lowest BCUT2D eigenvalue weighted by molar-refractivity contribution is 0.0286. The molecule has 0 aliphatic carbocycles. The number of ether oxygens (including phenoxy) is 1. The molecule has 0 radical (unpaired) electrons. The number of hydrogen-bond donors (Lipinski definition) is 1. The lowest BCUT2D eigenvalue weighted by Gasteiger charge is -2.32. The first-order valence-electron chi connectivity index (χ1n) is 7.61. The van der Waals surface area contributed by atoms with Crippen molar-refractivity contribution >= 4 is 16.7 Å². The van der Waals surface area contributed by atoms with Crippen molar-refractivity contribution in [2.24, 2.45) is 0 Å². The van der Waals surface area contributed by atoms with E-state index in [-0.39, 0.29) is 0 Å². The van der Waals surface area contributed by atoms with Gasteiger partial charge in [0.2, 0.25) is 0 Å². The number of methoxy groups -OCH3 is 1. The average molecular weight is 285 g/mol. The molecule has 21 heavy (non-hydrogen) atoms. The molecule has 0 spiro atoms. The van der Waals surface area contributed by atoms with Crippen molar-refractivity contribution in [1.82, 2.24) is 9.88 Å². The number of likely N-dealkylation sites (tertiary alicyclic amines) is 1. The van der Waals surface area contributed by atoms with E-state index in [0.717, 1.165) is 31.0 Å². The Bertz CT molecular complexity index is 614. The fraction of sp³-hybridized carbons (Fsp3) is 0.471. The molecule has 1 aliphatic heterocycles. The van der Waals surface area contributed by atoms with E-state index in [0.29, 0.717) is 6.10 Å². The highest BCUT2D eigenvalue weighted by molar-refractivity contribution is 5.81. The van der Waals surface area contributed by atoms with E-state index in [2.05, 4.69) is 34.5 Å². The van der Waals surface area contributed by atoms with Gasteiger partial charge in [-0.2, -0.15) is 0 Å². The van der Waals surface area contributed by atoms with E-state index in [1.54, 1.807) is 0 Å². The van der Waals surface area contributed by atoms with Gasteiger partial charge in [0, 0.05) is 38.2 Å². The van der Waals surface area contributed by atoms with Gasteiger partial charge in [-0.25, -0.2) is 4.98 Å². The standard InChI is InChI=1S/C17H23N3O/c1-18-17-14(10-13-6-3-4-8-16(13)19-17)11-20-9-5-7-15(12-20)21-2/h3-4,6,8,10,15H,5,7,9,11-12H2,1-2H3,(H,18,19). The maximum absolute atomic E-state index is 5.51. The van der Waals surface area contributed by atoms with Crippen LogP contribution in [-0.2, 0) is 11.3 Å².